The second-order valence-electron chi connectivity index (χ2n) is 4.97. The van der Waals surface area contributed by atoms with Crippen LogP contribution in [0.3, 0.4) is 0 Å². The Kier molecular flexibility index (Phi) is 4.11. The fourth-order valence-electron chi connectivity index (χ4n) is 2.13. The molecule has 1 saturated heterocycles. The van der Waals surface area contributed by atoms with Crippen LogP contribution in [0.15, 0.2) is 15.9 Å². The van der Waals surface area contributed by atoms with Gasteiger partial charge in [-0.25, -0.2) is 0 Å². The van der Waals surface area contributed by atoms with Crippen molar-refractivity contribution < 1.29 is 14.6 Å². The summed E-state index contributed by atoms with van der Waals surface area (Å²) in [6, 6.07) is 3.68. The predicted octanol–water partition coefficient (Wildman–Crippen LogP) is 2.12. The Morgan fingerprint density at radius 2 is 2.39 bits per heavy atom. The molecule has 0 aliphatic carbocycles. The summed E-state index contributed by atoms with van der Waals surface area (Å²) >= 11 is 4.78. The van der Waals surface area contributed by atoms with E-state index in [1.807, 2.05) is 26.0 Å². The van der Waals surface area contributed by atoms with Crippen LogP contribution in [-0.4, -0.2) is 47.3 Å². The van der Waals surface area contributed by atoms with Crippen molar-refractivity contribution in [1.29, 1.82) is 0 Å². The second kappa shape index (κ2) is 5.28. The third-order valence-electron chi connectivity index (χ3n) is 2.76. The molecule has 0 aromatic carbocycles. The Balaban J connectivity index is 2.14. The smallest absolute Gasteiger partial charge is 0.264 e. The fourth-order valence-corrected chi connectivity index (χ4v) is 3.48. The van der Waals surface area contributed by atoms with Crippen LogP contribution in [0.25, 0.3) is 0 Å². The van der Waals surface area contributed by atoms with Gasteiger partial charge in [-0.1, -0.05) is 0 Å². The summed E-state index contributed by atoms with van der Waals surface area (Å²) in [4.78, 5) is 14.8. The maximum Gasteiger partial charge on any atom is 0.264 e. The van der Waals surface area contributed by atoms with Crippen molar-refractivity contribution in [2.75, 3.05) is 19.7 Å². The van der Waals surface area contributed by atoms with Crippen LogP contribution in [0, 0.1) is 0 Å². The van der Waals surface area contributed by atoms with Crippen molar-refractivity contribution in [2.24, 2.45) is 0 Å². The molecule has 1 atom stereocenters. The quantitative estimate of drug-likeness (QED) is 0.901. The normalized spacial score (nSPS) is 23.1. The first-order chi connectivity index (χ1) is 8.41. The van der Waals surface area contributed by atoms with Gasteiger partial charge >= 0.3 is 0 Å². The zero-order valence-corrected chi connectivity index (χ0v) is 12.8. The molecule has 4 nitrogen and oxygen atoms in total. The number of amides is 1. The van der Waals surface area contributed by atoms with Crippen molar-refractivity contribution in [3.05, 3.63) is 20.8 Å². The number of nitrogens with zero attached hydrogens (tertiary/aromatic N) is 1. The van der Waals surface area contributed by atoms with Crippen molar-refractivity contribution in [3.63, 3.8) is 0 Å². The van der Waals surface area contributed by atoms with E-state index in [2.05, 4.69) is 15.9 Å². The molecular formula is C12H16BrNO3S. The van der Waals surface area contributed by atoms with Gasteiger partial charge in [0.15, 0.2) is 0 Å². The lowest BCUT2D eigenvalue weighted by molar-refractivity contribution is -0.139. The summed E-state index contributed by atoms with van der Waals surface area (Å²) in [5.41, 5.74) is -0.421. The average molecular weight is 334 g/mol. The van der Waals surface area contributed by atoms with Gasteiger partial charge in [-0.15, -0.1) is 11.3 Å². The number of hydrogen-bond donors (Lipinski definition) is 1. The summed E-state index contributed by atoms with van der Waals surface area (Å²) in [7, 11) is 0. The van der Waals surface area contributed by atoms with Crippen LogP contribution in [0.2, 0.25) is 0 Å². The van der Waals surface area contributed by atoms with Crippen molar-refractivity contribution >= 4 is 33.2 Å². The monoisotopic (exact) mass is 333 g/mol. The molecule has 2 heterocycles. The lowest BCUT2D eigenvalue weighted by Crippen LogP contribution is -2.55. The number of aliphatic hydroxyl groups is 1. The van der Waals surface area contributed by atoms with E-state index in [1.165, 1.54) is 11.3 Å². The molecule has 1 aliphatic heterocycles. The highest BCUT2D eigenvalue weighted by Crippen LogP contribution is 2.26. The van der Waals surface area contributed by atoms with Gasteiger partial charge in [-0.3, -0.25) is 4.79 Å². The van der Waals surface area contributed by atoms with E-state index in [0.29, 0.717) is 18.0 Å². The van der Waals surface area contributed by atoms with Gasteiger partial charge in [0.25, 0.3) is 5.91 Å². The van der Waals surface area contributed by atoms with E-state index in [4.69, 9.17) is 4.74 Å². The minimum atomic E-state index is -0.421. The fraction of sp³-hybridized carbons (Fsp3) is 0.583. The molecule has 6 heteroatoms. The van der Waals surface area contributed by atoms with Gasteiger partial charge in [-0.05, 0) is 41.9 Å². The SMILES string of the molecule is CC1(C)CN(C(=O)c2ccc(Br)s2)CC(CO)O1. The third kappa shape index (κ3) is 3.12. The number of ether oxygens (including phenoxy) is 1. The Hall–Kier alpha value is -0.430. The first-order valence-electron chi connectivity index (χ1n) is 5.74. The minimum Gasteiger partial charge on any atom is -0.394 e. The number of morpholine rings is 1. The van der Waals surface area contributed by atoms with Gasteiger partial charge in [0, 0.05) is 13.1 Å². The van der Waals surface area contributed by atoms with Gasteiger partial charge < -0.3 is 14.7 Å². The molecule has 1 aliphatic rings. The van der Waals surface area contributed by atoms with Crippen LogP contribution in [0.5, 0.6) is 0 Å². The predicted molar refractivity (Wildman–Crippen MR) is 74.0 cm³/mol. The van der Waals surface area contributed by atoms with Gasteiger partial charge in [0.1, 0.15) is 0 Å². The molecule has 1 fully saturated rings. The highest BCUT2D eigenvalue weighted by Gasteiger charge is 2.35. The zero-order chi connectivity index (χ0) is 13.3. The highest BCUT2D eigenvalue weighted by molar-refractivity contribution is 9.11. The zero-order valence-electron chi connectivity index (χ0n) is 10.4. The highest BCUT2D eigenvalue weighted by atomic mass is 79.9. The first-order valence-corrected chi connectivity index (χ1v) is 7.35. The minimum absolute atomic E-state index is 0.000486. The van der Waals surface area contributed by atoms with E-state index < -0.39 is 5.60 Å². The van der Waals surface area contributed by atoms with Crippen molar-refractivity contribution in [3.8, 4) is 0 Å². The van der Waals surface area contributed by atoms with Crippen molar-refractivity contribution in [1.82, 2.24) is 4.90 Å². The molecule has 18 heavy (non-hydrogen) atoms. The molecule has 0 saturated carbocycles. The Bertz CT molecular complexity index is 446. The summed E-state index contributed by atoms with van der Waals surface area (Å²) in [6.45, 7) is 4.77. The molecule has 1 unspecified atom stereocenters. The molecule has 0 spiro atoms. The van der Waals surface area contributed by atoms with E-state index in [9.17, 15) is 9.90 Å². The third-order valence-corrected chi connectivity index (χ3v) is 4.37. The Morgan fingerprint density at radius 1 is 1.67 bits per heavy atom. The molecule has 1 amide bonds. The first kappa shape index (κ1) is 14.0. The van der Waals surface area contributed by atoms with Crippen LogP contribution in [0.4, 0.5) is 0 Å². The summed E-state index contributed by atoms with van der Waals surface area (Å²) in [5.74, 6) is 0.000486. The average Bonchev–Trinajstić information content (AvgIpc) is 2.72. The second-order valence-corrected chi connectivity index (χ2v) is 7.43. The molecule has 0 bridgehead atoms. The van der Waals surface area contributed by atoms with Crippen LogP contribution in [-0.2, 0) is 4.74 Å². The Labute approximate surface area is 119 Å². The summed E-state index contributed by atoms with van der Waals surface area (Å²) in [6.07, 6.45) is -0.305. The number of carbonyl (C=O) groups excluding carboxylic acids is 1. The molecule has 2 rings (SSSR count). The number of carbonyl (C=O) groups is 1. The molecule has 1 aromatic rings. The van der Waals surface area contributed by atoms with E-state index >= 15 is 0 Å². The van der Waals surface area contributed by atoms with E-state index in [-0.39, 0.29) is 18.6 Å². The summed E-state index contributed by atoms with van der Waals surface area (Å²) in [5, 5.41) is 9.23. The topological polar surface area (TPSA) is 49.8 Å². The number of thiophene rings is 1. The van der Waals surface area contributed by atoms with Gasteiger partial charge in [0.05, 0.1) is 27.0 Å². The maximum atomic E-state index is 12.3. The molecule has 1 aromatic heterocycles. The summed E-state index contributed by atoms with van der Waals surface area (Å²) < 4.78 is 6.64. The lowest BCUT2D eigenvalue weighted by atomic mass is 10.1. The largest absolute Gasteiger partial charge is 0.394 e. The number of aliphatic hydroxyl groups excluding tert-OH is 1. The van der Waals surface area contributed by atoms with Gasteiger partial charge in [0.2, 0.25) is 0 Å². The number of rotatable bonds is 2. The van der Waals surface area contributed by atoms with E-state index in [0.717, 1.165) is 3.79 Å². The van der Waals surface area contributed by atoms with Crippen LogP contribution in [0.1, 0.15) is 23.5 Å². The maximum absolute atomic E-state index is 12.3. The molecule has 1 N–H and O–H groups in total. The number of hydrogen-bond acceptors (Lipinski definition) is 4. The van der Waals surface area contributed by atoms with Crippen LogP contribution >= 0.6 is 27.3 Å². The Morgan fingerprint density at radius 3 is 2.94 bits per heavy atom. The number of halogens is 1. The lowest BCUT2D eigenvalue weighted by Gasteiger charge is -2.42. The van der Waals surface area contributed by atoms with Gasteiger partial charge in [-0.2, -0.15) is 0 Å². The van der Waals surface area contributed by atoms with Crippen molar-refractivity contribution in [2.45, 2.75) is 25.6 Å². The molecular weight excluding hydrogens is 318 g/mol. The van der Waals surface area contributed by atoms with E-state index in [1.54, 1.807) is 4.90 Å². The molecule has 100 valence electrons. The molecule has 0 radical (unpaired) electrons. The standard InChI is InChI=1S/C12H16BrNO3S/c1-12(2)7-14(5-8(6-15)17-12)11(16)9-3-4-10(13)18-9/h3-4,8,15H,5-7H2,1-2H3. The van der Waals surface area contributed by atoms with Crippen LogP contribution < -0.4 is 0 Å².